The van der Waals surface area contributed by atoms with Crippen LogP contribution in [-0.4, -0.2) is 57.9 Å². The number of nitrogens with zero attached hydrogens (tertiary/aromatic N) is 6. The molecule has 12 nitrogen and oxygen atoms in total. The summed E-state index contributed by atoms with van der Waals surface area (Å²) in [6, 6.07) is 1.84. The Kier molecular flexibility index (Phi) is 8.43. The minimum Gasteiger partial charge on any atom is -0.379 e. The number of anilines is 1. The highest BCUT2D eigenvalue weighted by atomic mass is 32.1. The number of hydrogen-bond acceptors (Lipinski definition) is 8. The molecule has 1 aliphatic rings. The van der Waals surface area contributed by atoms with Crippen molar-refractivity contribution in [2.75, 3.05) is 11.9 Å². The normalized spacial score (nSPS) is 18.4. The quantitative estimate of drug-likeness (QED) is 0.176. The SMILES string of the molecule is CCOC1CCC(n2cc(NC(=O)c3csc(-c4cnn(C(C)P(=O)(O)O)c4)n3)c(-c3nc(F)ccc3F)n2)CC1. The predicted molar refractivity (Wildman–Crippen MR) is 146 cm³/mol. The maximum Gasteiger partial charge on any atom is 0.349 e. The van der Waals surface area contributed by atoms with E-state index in [0.29, 0.717) is 17.2 Å². The van der Waals surface area contributed by atoms with Gasteiger partial charge in [0.05, 0.1) is 24.0 Å². The Hall–Kier alpha value is -3.36. The summed E-state index contributed by atoms with van der Waals surface area (Å²) in [6.07, 6.45) is 7.77. The topological polar surface area (TPSA) is 157 Å². The zero-order chi connectivity index (χ0) is 29.3. The number of ether oxygens (including phenoxy) is 1. The van der Waals surface area contributed by atoms with Gasteiger partial charge in [-0.1, -0.05) is 0 Å². The van der Waals surface area contributed by atoms with E-state index < -0.39 is 31.1 Å². The molecule has 4 heterocycles. The van der Waals surface area contributed by atoms with Gasteiger partial charge in [-0.25, -0.2) is 14.4 Å². The number of hydrogen-bond donors (Lipinski definition) is 3. The van der Waals surface area contributed by atoms with Crippen molar-refractivity contribution in [2.45, 2.75) is 57.5 Å². The lowest BCUT2D eigenvalue weighted by molar-refractivity contribution is 0.0260. The summed E-state index contributed by atoms with van der Waals surface area (Å²) in [7, 11) is -4.41. The third-order valence-corrected chi connectivity index (χ3v) is 8.99. The van der Waals surface area contributed by atoms with E-state index in [9.17, 15) is 27.9 Å². The van der Waals surface area contributed by atoms with Crippen molar-refractivity contribution >= 4 is 30.5 Å². The smallest absolute Gasteiger partial charge is 0.349 e. The second-order valence-corrected chi connectivity index (χ2v) is 12.4. The Morgan fingerprint density at radius 3 is 2.66 bits per heavy atom. The molecule has 218 valence electrons. The second-order valence-electron chi connectivity index (χ2n) is 9.64. The fourth-order valence-corrected chi connectivity index (χ4v) is 5.86. The Bertz CT molecular complexity index is 1590. The predicted octanol–water partition coefficient (Wildman–Crippen LogP) is 5.01. The summed E-state index contributed by atoms with van der Waals surface area (Å²) in [6.45, 7) is 3.93. The van der Waals surface area contributed by atoms with E-state index in [2.05, 4.69) is 25.5 Å². The molecule has 3 N–H and O–H groups in total. The molecule has 4 aromatic heterocycles. The monoisotopic (exact) mass is 607 g/mol. The summed E-state index contributed by atoms with van der Waals surface area (Å²) in [5.74, 6) is -3.45. The molecule has 0 aliphatic heterocycles. The van der Waals surface area contributed by atoms with E-state index in [1.54, 1.807) is 10.9 Å². The summed E-state index contributed by atoms with van der Waals surface area (Å²) in [4.78, 5) is 40.1. The third kappa shape index (κ3) is 6.44. The zero-order valence-corrected chi connectivity index (χ0v) is 23.9. The van der Waals surface area contributed by atoms with E-state index in [0.717, 1.165) is 53.8 Å². The Morgan fingerprint density at radius 2 is 1.95 bits per heavy atom. The largest absolute Gasteiger partial charge is 0.379 e. The first-order chi connectivity index (χ1) is 19.5. The van der Waals surface area contributed by atoms with Gasteiger partial charge < -0.3 is 19.8 Å². The van der Waals surface area contributed by atoms with Gasteiger partial charge in [0.1, 0.15) is 22.1 Å². The molecule has 1 atom stereocenters. The number of thiazole rings is 1. The van der Waals surface area contributed by atoms with Gasteiger partial charge in [0.2, 0.25) is 5.95 Å². The molecule has 16 heteroatoms. The minimum atomic E-state index is -4.41. The average molecular weight is 608 g/mol. The highest BCUT2D eigenvalue weighted by Gasteiger charge is 2.28. The van der Waals surface area contributed by atoms with Gasteiger partial charge in [0, 0.05) is 29.9 Å². The summed E-state index contributed by atoms with van der Waals surface area (Å²) in [5, 5.41) is 13.1. The molecule has 1 aliphatic carbocycles. The van der Waals surface area contributed by atoms with Gasteiger partial charge in [-0.15, -0.1) is 11.3 Å². The fraction of sp³-hybridized carbons (Fsp3) is 0.400. The van der Waals surface area contributed by atoms with Crippen molar-refractivity contribution in [3.05, 3.63) is 53.6 Å². The lowest BCUT2D eigenvalue weighted by atomic mass is 9.93. The molecular formula is C25H28F2N7O5PS. The maximum absolute atomic E-state index is 14.7. The van der Waals surface area contributed by atoms with Crippen LogP contribution in [0.2, 0.25) is 0 Å². The molecule has 1 saturated carbocycles. The van der Waals surface area contributed by atoms with Gasteiger partial charge in [-0.3, -0.25) is 18.7 Å². The first-order valence-corrected chi connectivity index (χ1v) is 15.5. The molecule has 0 radical (unpaired) electrons. The molecule has 1 unspecified atom stereocenters. The van der Waals surface area contributed by atoms with Crippen molar-refractivity contribution in [3.8, 4) is 22.0 Å². The second kappa shape index (κ2) is 11.9. The highest BCUT2D eigenvalue weighted by molar-refractivity contribution is 7.51. The molecule has 0 aromatic carbocycles. The van der Waals surface area contributed by atoms with Gasteiger partial charge in [-0.05, 0) is 51.7 Å². The van der Waals surface area contributed by atoms with Gasteiger partial charge in [0.15, 0.2) is 11.6 Å². The first kappa shape index (κ1) is 29.1. The molecule has 0 saturated heterocycles. The molecule has 0 spiro atoms. The minimum absolute atomic E-state index is 0.00886. The maximum atomic E-state index is 14.7. The lowest BCUT2D eigenvalue weighted by Gasteiger charge is -2.28. The van der Waals surface area contributed by atoms with Crippen LogP contribution in [0.15, 0.2) is 36.1 Å². The van der Waals surface area contributed by atoms with Crippen molar-refractivity contribution in [3.63, 3.8) is 0 Å². The fourth-order valence-electron chi connectivity index (χ4n) is 4.65. The molecule has 1 fully saturated rings. The van der Waals surface area contributed by atoms with Crippen molar-refractivity contribution in [1.29, 1.82) is 0 Å². The summed E-state index contributed by atoms with van der Waals surface area (Å²) >= 11 is 1.14. The van der Waals surface area contributed by atoms with Crippen LogP contribution in [0.1, 0.15) is 61.8 Å². The Morgan fingerprint density at radius 1 is 1.20 bits per heavy atom. The summed E-state index contributed by atoms with van der Waals surface area (Å²) in [5.41, 5.74) is 0.329. The standard InChI is InChI=1S/C25H28F2N7O5PS/c1-3-39-17-6-4-16(5-7-17)34-12-19(23(32-34)22-18(26)8-9-21(27)31-22)29-24(35)20-13-41-25(30-20)15-10-28-33(11-15)14(2)40(36,37)38/h8-14,16-17H,3-7H2,1-2H3,(H,29,35)(H2,36,37,38). The van der Waals surface area contributed by atoms with Crippen LogP contribution in [0.25, 0.3) is 22.0 Å². The van der Waals surface area contributed by atoms with Crippen molar-refractivity contribution < 1.29 is 32.7 Å². The molecule has 0 bridgehead atoms. The molecule has 5 rings (SSSR count). The molecular weight excluding hydrogens is 579 g/mol. The first-order valence-electron chi connectivity index (χ1n) is 12.9. The Balaban J connectivity index is 1.40. The van der Waals surface area contributed by atoms with Gasteiger partial charge >= 0.3 is 7.60 Å². The van der Waals surface area contributed by atoms with Crippen LogP contribution in [0.5, 0.6) is 0 Å². The average Bonchev–Trinajstić information content (AvgIpc) is 3.70. The van der Waals surface area contributed by atoms with E-state index >= 15 is 0 Å². The Labute approximate surface area is 237 Å². The number of halogens is 2. The lowest BCUT2D eigenvalue weighted by Crippen LogP contribution is -2.24. The molecule has 4 aromatic rings. The number of carbonyl (C=O) groups is 1. The highest BCUT2D eigenvalue weighted by Crippen LogP contribution is 2.48. The van der Waals surface area contributed by atoms with Crippen LogP contribution in [-0.2, 0) is 9.30 Å². The van der Waals surface area contributed by atoms with E-state index in [1.807, 2.05) is 6.92 Å². The number of rotatable bonds is 9. The van der Waals surface area contributed by atoms with Gasteiger partial charge in [0.25, 0.3) is 5.91 Å². The van der Waals surface area contributed by atoms with Crippen LogP contribution >= 0.6 is 18.9 Å². The van der Waals surface area contributed by atoms with Crippen LogP contribution in [0.4, 0.5) is 14.5 Å². The van der Waals surface area contributed by atoms with Gasteiger partial charge in [-0.2, -0.15) is 14.6 Å². The third-order valence-electron chi connectivity index (χ3n) is 6.89. The number of aromatic nitrogens is 6. The van der Waals surface area contributed by atoms with Crippen LogP contribution < -0.4 is 5.32 Å². The zero-order valence-electron chi connectivity index (χ0n) is 22.1. The number of carbonyl (C=O) groups excluding carboxylic acids is 1. The number of nitrogens with one attached hydrogen (secondary N) is 1. The van der Waals surface area contributed by atoms with Crippen molar-refractivity contribution in [2.24, 2.45) is 0 Å². The van der Waals surface area contributed by atoms with Crippen LogP contribution in [0, 0.1) is 11.8 Å². The number of pyridine rings is 1. The summed E-state index contributed by atoms with van der Waals surface area (Å²) < 4.78 is 48.8. The van der Waals surface area contributed by atoms with E-state index in [4.69, 9.17) is 4.74 Å². The van der Waals surface area contributed by atoms with E-state index in [1.165, 1.54) is 24.7 Å². The van der Waals surface area contributed by atoms with Crippen molar-refractivity contribution in [1.82, 2.24) is 29.5 Å². The molecule has 1 amide bonds. The van der Waals surface area contributed by atoms with E-state index in [-0.39, 0.29) is 34.9 Å². The van der Waals surface area contributed by atoms with Crippen LogP contribution in [0.3, 0.4) is 0 Å². The molecule has 41 heavy (non-hydrogen) atoms. The number of amides is 1.